The van der Waals surface area contributed by atoms with Gasteiger partial charge in [0.05, 0.1) is 6.04 Å². The first kappa shape index (κ1) is 16.3. The molecule has 1 rings (SSSR count). The molecule has 0 saturated heterocycles. The van der Waals surface area contributed by atoms with E-state index in [0.717, 1.165) is 5.56 Å². The van der Waals surface area contributed by atoms with Crippen LogP contribution in [-0.2, 0) is 4.79 Å². The molecule has 0 bridgehead atoms. The van der Waals surface area contributed by atoms with Crippen molar-refractivity contribution < 1.29 is 14.7 Å². The first-order chi connectivity index (χ1) is 9.25. The number of amides is 2. The molecule has 5 nitrogen and oxygen atoms in total. The van der Waals surface area contributed by atoms with Crippen LogP contribution in [0.1, 0.15) is 25.5 Å². The number of urea groups is 1. The Hall–Kier alpha value is -1.75. The number of hydrogen-bond acceptors (Lipinski definition) is 2. The molecule has 2 unspecified atom stereocenters. The molecule has 2 atom stereocenters. The van der Waals surface area contributed by atoms with Crippen molar-refractivity contribution in [1.29, 1.82) is 0 Å². The molecule has 0 fully saturated rings. The largest absolute Gasteiger partial charge is 0.480 e. The number of carbonyl (C=O) groups is 2. The van der Waals surface area contributed by atoms with Gasteiger partial charge in [-0.05, 0) is 31.5 Å². The quantitative estimate of drug-likeness (QED) is 0.930. The molecule has 1 aromatic carbocycles. The Morgan fingerprint density at radius 1 is 1.20 bits per heavy atom. The maximum absolute atomic E-state index is 12.2. The highest BCUT2D eigenvalue weighted by atomic mass is 35.5. The standard InChI is InChI=1S/C14H19ClN2O3/c1-9(11-6-5-7-12(15)8-11)16(3)14(20)17(4)10(2)13(18)19/h5-10H,1-4H3,(H,18,19). The third kappa shape index (κ3) is 3.63. The summed E-state index contributed by atoms with van der Waals surface area (Å²) in [5, 5.41) is 9.54. The van der Waals surface area contributed by atoms with Gasteiger partial charge in [-0.3, -0.25) is 0 Å². The smallest absolute Gasteiger partial charge is 0.326 e. The molecule has 0 spiro atoms. The highest BCUT2D eigenvalue weighted by Crippen LogP contribution is 2.22. The summed E-state index contributed by atoms with van der Waals surface area (Å²) in [4.78, 5) is 25.9. The summed E-state index contributed by atoms with van der Waals surface area (Å²) in [7, 11) is 3.11. The van der Waals surface area contributed by atoms with Gasteiger partial charge in [0.25, 0.3) is 0 Å². The van der Waals surface area contributed by atoms with Crippen molar-refractivity contribution in [3.8, 4) is 0 Å². The fraction of sp³-hybridized carbons (Fsp3) is 0.429. The van der Waals surface area contributed by atoms with Gasteiger partial charge >= 0.3 is 12.0 Å². The Kier molecular flexibility index (Phi) is 5.39. The molecule has 6 heteroatoms. The highest BCUT2D eigenvalue weighted by Gasteiger charge is 2.27. The number of carboxylic acids is 1. The van der Waals surface area contributed by atoms with Gasteiger partial charge in [0, 0.05) is 19.1 Å². The lowest BCUT2D eigenvalue weighted by Crippen LogP contribution is -2.47. The Balaban J connectivity index is 2.86. The second kappa shape index (κ2) is 6.61. The molecule has 1 N–H and O–H groups in total. The highest BCUT2D eigenvalue weighted by molar-refractivity contribution is 6.30. The average Bonchev–Trinajstić information content (AvgIpc) is 2.43. The number of benzene rings is 1. The van der Waals surface area contributed by atoms with Crippen LogP contribution in [-0.4, -0.2) is 47.0 Å². The molecule has 2 amide bonds. The monoisotopic (exact) mass is 298 g/mol. The van der Waals surface area contributed by atoms with Gasteiger partial charge in [-0.2, -0.15) is 0 Å². The summed E-state index contributed by atoms with van der Waals surface area (Å²) >= 11 is 5.94. The second-order valence-electron chi connectivity index (χ2n) is 4.75. The van der Waals surface area contributed by atoms with Crippen molar-refractivity contribution in [2.24, 2.45) is 0 Å². The van der Waals surface area contributed by atoms with Crippen LogP contribution in [0.25, 0.3) is 0 Å². The number of hydrogen-bond donors (Lipinski definition) is 1. The molecule has 0 heterocycles. The molecule has 110 valence electrons. The normalized spacial score (nSPS) is 13.4. The van der Waals surface area contributed by atoms with Crippen LogP contribution in [0.4, 0.5) is 4.79 Å². The minimum atomic E-state index is -1.04. The van der Waals surface area contributed by atoms with E-state index in [4.69, 9.17) is 16.7 Å². The van der Waals surface area contributed by atoms with Crippen LogP contribution in [0.5, 0.6) is 0 Å². The van der Waals surface area contributed by atoms with Gasteiger partial charge < -0.3 is 14.9 Å². The predicted octanol–water partition coefficient (Wildman–Crippen LogP) is 2.86. The number of rotatable bonds is 4. The number of carboxylic acid groups (broad SMARTS) is 1. The van der Waals surface area contributed by atoms with Gasteiger partial charge in [0.15, 0.2) is 0 Å². The Morgan fingerprint density at radius 3 is 2.30 bits per heavy atom. The fourth-order valence-electron chi connectivity index (χ4n) is 1.74. The van der Waals surface area contributed by atoms with Crippen LogP contribution < -0.4 is 0 Å². The fourth-order valence-corrected chi connectivity index (χ4v) is 1.93. The lowest BCUT2D eigenvalue weighted by Gasteiger charge is -2.31. The zero-order valence-corrected chi connectivity index (χ0v) is 12.8. The van der Waals surface area contributed by atoms with E-state index < -0.39 is 12.0 Å². The van der Waals surface area contributed by atoms with Crippen molar-refractivity contribution in [3.05, 3.63) is 34.9 Å². The van der Waals surface area contributed by atoms with Crippen LogP contribution in [0, 0.1) is 0 Å². The van der Waals surface area contributed by atoms with E-state index in [-0.39, 0.29) is 12.1 Å². The molecular formula is C14H19ClN2O3. The van der Waals surface area contributed by atoms with Crippen LogP contribution in [0.15, 0.2) is 24.3 Å². The van der Waals surface area contributed by atoms with Crippen LogP contribution >= 0.6 is 11.6 Å². The third-order valence-corrected chi connectivity index (χ3v) is 3.69. The van der Waals surface area contributed by atoms with E-state index in [1.807, 2.05) is 19.1 Å². The Bertz CT molecular complexity index is 507. The van der Waals surface area contributed by atoms with Crippen molar-refractivity contribution in [3.63, 3.8) is 0 Å². The number of aliphatic carboxylic acids is 1. The SMILES string of the molecule is CC(C(=O)O)N(C)C(=O)N(C)C(C)c1cccc(Cl)c1. The first-order valence-electron chi connectivity index (χ1n) is 6.23. The van der Waals surface area contributed by atoms with Gasteiger partial charge in [0.1, 0.15) is 6.04 Å². The van der Waals surface area contributed by atoms with E-state index in [2.05, 4.69) is 0 Å². The molecule has 0 radical (unpaired) electrons. The molecule has 1 aromatic rings. The van der Waals surface area contributed by atoms with E-state index >= 15 is 0 Å². The Labute approximate surface area is 123 Å². The molecule has 0 aliphatic carbocycles. The number of likely N-dealkylation sites (N-methyl/N-ethyl adjacent to an activating group) is 1. The minimum absolute atomic E-state index is 0.204. The number of halogens is 1. The third-order valence-electron chi connectivity index (χ3n) is 3.45. The second-order valence-corrected chi connectivity index (χ2v) is 5.19. The van der Waals surface area contributed by atoms with E-state index in [0.29, 0.717) is 5.02 Å². The average molecular weight is 299 g/mol. The zero-order chi connectivity index (χ0) is 15.4. The topological polar surface area (TPSA) is 60.9 Å². The predicted molar refractivity (Wildman–Crippen MR) is 77.9 cm³/mol. The Morgan fingerprint density at radius 2 is 1.80 bits per heavy atom. The first-order valence-corrected chi connectivity index (χ1v) is 6.61. The van der Waals surface area contributed by atoms with Crippen molar-refractivity contribution >= 4 is 23.6 Å². The van der Waals surface area contributed by atoms with E-state index in [1.165, 1.54) is 23.8 Å². The summed E-state index contributed by atoms with van der Waals surface area (Å²) in [5.74, 6) is -1.04. The summed E-state index contributed by atoms with van der Waals surface area (Å²) in [6.07, 6.45) is 0. The maximum atomic E-state index is 12.2. The maximum Gasteiger partial charge on any atom is 0.326 e. The van der Waals surface area contributed by atoms with Crippen LogP contribution in [0.3, 0.4) is 0 Å². The summed E-state index contributed by atoms with van der Waals surface area (Å²) in [6.45, 7) is 3.33. The lowest BCUT2D eigenvalue weighted by atomic mass is 10.1. The van der Waals surface area contributed by atoms with Gasteiger partial charge in [-0.25, -0.2) is 9.59 Å². The molecule has 0 saturated carbocycles. The molecule has 20 heavy (non-hydrogen) atoms. The number of carbonyl (C=O) groups excluding carboxylic acids is 1. The molecular weight excluding hydrogens is 280 g/mol. The van der Waals surface area contributed by atoms with Crippen molar-refractivity contribution in [1.82, 2.24) is 9.80 Å². The van der Waals surface area contributed by atoms with Gasteiger partial charge in [-0.15, -0.1) is 0 Å². The molecule has 0 aliphatic heterocycles. The number of nitrogens with zero attached hydrogens (tertiary/aromatic N) is 2. The summed E-state index contributed by atoms with van der Waals surface area (Å²) in [5.41, 5.74) is 0.893. The van der Waals surface area contributed by atoms with Gasteiger partial charge in [-0.1, -0.05) is 23.7 Å². The van der Waals surface area contributed by atoms with E-state index in [1.54, 1.807) is 19.2 Å². The van der Waals surface area contributed by atoms with Crippen molar-refractivity contribution in [2.75, 3.05) is 14.1 Å². The summed E-state index contributed by atoms with van der Waals surface area (Å²) in [6, 6.07) is 5.81. The lowest BCUT2D eigenvalue weighted by molar-refractivity contribution is -0.141. The summed E-state index contributed by atoms with van der Waals surface area (Å²) < 4.78 is 0. The van der Waals surface area contributed by atoms with Gasteiger partial charge in [0.2, 0.25) is 0 Å². The van der Waals surface area contributed by atoms with E-state index in [9.17, 15) is 9.59 Å². The van der Waals surface area contributed by atoms with Crippen LogP contribution in [0.2, 0.25) is 5.02 Å². The zero-order valence-electron chi connectivity index (χ0n) is 12.0. The molecule has 0 aromatic heterocycles. The molecule has 0 aliphatic rings. The minimum Gasteiger partial charge on any atom is -0.480 e. The van der Waals surface area contributed by atoms with Crippen molar-refractivity contribution in [2.45, 2.75) is 25.9 Å².